The fourth-order valence-corrected chi connectivity index (χ4v) is 5.29. The Morgan fingerprint density at radius 1 is 0.727 bits per heavy atom. The van der Waals surface area contributed by atoms with Gasteiger partial charge in [-0.3, -0.25) is 0 Å². The second kappa shape index (κ2) is 13.2. The molecule has 0 saturated carbocycles. The number of unbranched alkanes of at least 4 members (excludes halogenated alkanes) is 7. The van der Waals surface area contributed by atoms with Crippen LogP contribution in [0.5, 0.6) is 0 Å². The fraction of sp³-hybridized carbons (Fsp3) is 0.857. The van der Waals surface area contributed by atoms with Crippen molar-refractivity contribution in [3.63, 3.8) is 0 Å². The molecule has 0 N–H and O–H groups in total. The van der Waals surface area contributed by atoms with Crippen LogP contribution in [-0.4, -0.2) is 36.1 Å². The fourth-order valence-electron chi connectivity index (χ4n) is 2.26. The van der Waals surface area contributed by atoms with Gasteiger partial charge in [0.2, 0.25) is 0 Å². The second-order valence-corrected chi connectivity index (χ2v) is 16.9. The first-order chi connectivity index (χ1) is 10.4. The van der Waals surface area contributed by atoms with Crippen LogP contribution in [0.4, 0.5) is 0 Å². The van der Waals surface area contributed by atoms with Gasteiger partial charge in [-0.2, -0.15) is 0 Å². The van der Waals surface area contributed by atoms with E-state index in [0.29, 0.717) is 0 Å². The van der Waals surface area contributed by atoms with Crippen LogP contribution in [0.15, 0.2) is 11.8 Å². The maximum atomic E-state index is 5.77. The molecule has 0 rings (SSSR count). The van der Waals surface area contributed by atoms with Crippen molar-refractivity contribution < 1.29 is 13.3 Å². The van der Waals surface area contributed by atoms with Crippen LogP contribution < -0.4 is 0 Å². The molecule has 8 heteroatoms. The van der Waals surface area contributed by atoms with E-state index in [4.69, 9.17) is 46.5 Å². The van der Waals surface area contributed by atoms with Gasteiger partial charge in [0.05, 0.1) is 0 Å². The van der Waals surface area contributed by atoms with Gasteiger partial charge in [0, 0.05) is 27.4 Å². The van der Waals surface area contributed by atoms with E-state index in [0.717, 1.165) is 18.9 Å². The molecule has 132 valence electrons. The average molecular weight is 408 g/mol. The summed E-state index contributed by atoms with van der Waals surface area (Å²) in [6, 6.07) is -1.67. The highest BCUT2D eigenvalue weighted by Gasteiger charge is 2.36. The van der Waals surface area contributed by atoms with Gasteiger partial charge in [0.1, 0.15) is 0 Å². The molecule has 0 aliphatic carbocycles. The van der Waals surface area contributed by atoms with Gasteiger partial charge >= 0.3 is 14.8 Å². The average Bonchev–Trinajstić information content (AvgIpc) is 2.48. The van der Waals surface area contributed by atoms with E-state index in [1.54, 1.807) is 27.0 Å². The molecule has 0 aromatic carbocycles. The zero-order valence-corrected chi connectivity index (χ0v) is 18.1. The molecule has 0 aliphatic heterocycles. The van der Waals surface area contributed by atoms with Gasteiger partial charge in [-0.25, -0.2) is 0 Å². The predicted octanol–water partition coefficient (Wildman–Crippen LogP) is 5.74. The first kappa shape index (κ1) is 22.9. The summed E-state index contributed by atoms with van der Waals surface area (Å²) in [7, 11) is 2.64. The van der Waals surface area contributed by atoms with Gasteiger partial charge in [0.15, 0.2) is 0 Å². The molecule has 0 aromatic heterocycles. The van der Waals surface area contributed by atoms with Crippen LogP contribution in [-0.2, 0) is 13.3 Å². The normalized spacial score (nSPS) is 13.2. The van der Waals surface area contributed by atoms with Gasteiger partial charge < -0.3 is 13.3 Å². The molecule has 0 bridgehead atoms. The molecule has 22 heavy (non-hydrogen) atoms. The molecule has 0 aromatic rings. The third-order valence-electron chi connectivity index (χ3n) is 3.59. The molecule has 0 radical (unpaired) electrons. The van der Waals surface area contributed by atoms with E-state index in [2.05, 4.69) is 0 Å². The minimum absolute atomic E-state index is 0.891. The van der Waals surface area contributed by atoms with E-state index in [9.17, 15) is 0 Å². The zero-order chi connectivity index (χ0) is 16.9. The minimum atomic E-state index is -2.56. The molecule has 0 heterocycles. The Kier molecular flexibility index (Phi) is 13.8. The number of hydrogen-bond donors (Lipinski definition) is 0. The zero-order valence-electron chi connectivity index (χ0n) is 13.9. The number of halogens is 3. The lowest BCUT2D eigenvalue weighted by Gasteiger charge is -2.24. The third kappa shape index (κ3) is 12.4. The van der Waals surface area contributed by atoms with Crippen LogP contribution in [0.3, 0.4) is 0 Å². The topological polar surface area (TPSA) is 27.7 Å². The summed E-state index contributed by atoms with van der Waals surface area (Å²) in [4.78, 5) is 0. The van der Waals surface area contributed by atoms with Gasteiger partial charge in [0.25, 0.3) is 0 Å². The molecule has 0 fully saturated rings. The smallest absolute Gasteiger partial charge is 0.377 e. The van der Waals surface area contributed by atoms with Crippen LogP contribution in [0, 0.1) is 0 Å². The summed E-state index contributed by atoms with van der Waals surface area (Å²) in [5, 5.41) is 0. The van der Waals surface area contributed by atoms with Gasteiger partial charge in [-0.15, -0.1) is 33.2 Å². The van der Waals surface area contributed by atoms with E-state index in [1.165, 1.54) is 38.5 Å². The molecular formula is C14H29Cl3O3Si2. The van der Waals surface area contributed by atoms with Gasteiger partial charge in [-0.1, -0.05) is 43.9 Å². The van der Waals surface area contributed by atoms with Crippen molar-refractivity contribution in [3.05, 3.63) is 11.8 Å². The standard InChI is InChI=1S/C14H29Cl3O3Si2/c1-18-22(19-2,20-3)14-12-10-8-6-4-5-7-9-11-13-21(15,16)17/h11,13H,4-10,12,14H2,1-3H3/b13-11+. The number of rotatable bonds is 14. The maximum absolute atomic E-state index is 5.77. The first-order valence-electron chi connectivity index (χ1n) is 7.79. The molecule has 0 amide bonds. The molecule has 0 aliphatic rings. The Labute approximate surface area is 151 Å². The van der Waals surface area contributed by atoms with Crippen molar-refractivity contribution >= 4 is 48.0 Å². The quantitative estimate of drug-likeness (QED) is 0.209. The Bertz CT molecular complexity index is 287. The lowest BCUT2D eigenvalue weighted by molar-refractivity contribution is 0.122. The summed E-state index contributed by atoms with van der Waals surface area (Å²) in [6.45, 7) is 0. The second-order valence-electron chi connectivity index (χ2n) is 5.25. The molecule has 0 saturated heterocycles. The van der Waals surface area contributed by atoms with Crippen molar-refractivity contribution in [2.75, 3.05) is 21.3 Å². The molecule has 0 spiro atoms. The van der Waals surface area contributed by atoms with Crippen LogP contribution in [0.2, 0.25) is 6.04 Å². The van der Waals surface area contributed by atoms with E-state index >= 15 is 0 Å². The van der Waals surface area contributed by atoms with E-state index < -0.39 is 14.8 Å². The number of allylic oxidation sites excluding steroid dienone is 1. The largest absolute Gasteiger partial charge is 0.500 e. The molecule has 3 nitrogen and oxygen atoms in total. The Morgan fingerprint density at radius 2 is 1.18 bits per heavy atom. The number of hydrogen-bond acceptors (Lipinski definition) is 3. The maximum Gasteiger partial charge on any atom is 0.500 e. The van der Waals surface area contributed by atoms with E-state index in [1.807, 2.05) is 6.08 Å². The summed E-state index contributed by atoms with van der Waals surface area (Å²) >= 11 is 17.3. The van der Waals surface area contributed by atoms with Crippen molar-refractivity contribution in [1.29, 1.82) is 0 Å². The monoisotopic (exact) mass is 406 g/mol. The van der Waals surface area contributed by atoms with Crippen molar-refractivity contribution in [1.82, 2.24) is 0 Å². The highest BCUT2D eigenvalue weighted by molar-refractivity contribution is 7.66. The van der Waals surface area contributed by atoms with Crippen LogP contribution >= 0.6 is 33.2 Å². The highest BCUT2D eigenvalue weighted by atomic mass is 35.8. The summed E-state index contributed by atoms with van der Waals surface area (Å²) < 4.78 is 16.2. The first-order valence-corrected chi connectivity index (χ1v) is 14.8. The van der Waals surface area contributed by atoms with E-state index in [-0.39, 0.29) is 0 Å². The minimum Gasteiger partial charge on any atom is -0.377 e. The summed E-state index contributed by atoms with van der Waals surface area (Å²) in [5.41, 5.74) is 1.76. The lowest BCUT2D eigenvalue weighted by atomic mass is 10.1. The van der Waals surface area contributed by atoms with Crippen molar-refractivity contribution in [2.24, 2.45) is 0 Å². The van der Waals surface area contributed by atoms with Crippen molar-refractivity contribution in [3.8, 4) is 0 Å². The Balaban J connectivity index is 3.46. The lowest BCUT2D eigenvalue weighted by Crippen LogP contribution is -2.42. The molecular weight excluding hydrogens is 379 g/mol. The van der Waals surface area contributed by atoms with Crippen LogP contribution in [0.1, 0.15) is 51.4 Å². The predicted molar refractivity (Wildman–Crippen MR) is 101 cm³/mol. The summed E-state index contributed by atoms with van der Waals surface area (Å²) in [6.07, 6.45) is 11.5. The Morgan fingerprint density at radius 3 is 1.64 bits per heavy atom. The third-order valence-corrected chi connectivity index (χ3v) is 8.17. The summed E-state index contributed by atoms with van der Waals surface area (Å²) in [5.74, 6) is 0. The van der Waals surface area contributed by atoms with Crippen molar-refractivity contribution in [2.45, 2.75) is 57.4 Å². The highest BCUT2D eigenvalue weighted by Crippen LogP contribution is 2.21. The van der Waals surface area contributed by atoms with Crippen LogP contribution in [0.25, 0.3) is 0 Å². The molecule has 0 unspecified atom stereocenters. The van der Waals surface area contributed by atoms with Gasteiger partial charge in [-0.05, 0) is 19.3 Å². The SMILES string of the molecule is CO[Si](CCCCCCCCC/C=C/[Si](Cl)(Cl)Cl)(OC)OC. The molecule has 0 atom stereocenters. The Hall–Kier alpha value is 0.924.